The summed E-state index contributed by atoms with van der Waals surface area (Å²) in [6, 6.07) is 6.22. The van der Waals surface area contributed by atoms with E-state index in [1.807, 2.05) is 25.3 Å². The molecule has 0 radical (unpaired) electrons. The Bertz CT molecular complexity index is 1840. The Labute approximate surface area is 260 Å². The molecule has 0 aliphatic carbocycles. The molecule has 1 unspecified atom stereocenters. The van der Waals surface area contributed by atoms with E-state index in [-0.39, 0.29) is 34.2 Å². The number of hydrogen-bond donors (Lipinski definition) is 5. The molecular formula is C30H32F2N5O6PS. The number of carbonyl (C=O) groups is 3. The van der Waals surface area contributed by atoms with Gasteiger partial charge in [0.1, 0.15) is 17.7 Å². The lowest BCUT2D eigenvalue weighted by molar-refractivity contribution is -0.142. The van der Waals surface area contributed by atoms with Crippen LogP contribution in [0.5, 0.6) is 0 Å². The topological polar surface area (TPSA) is 165 Å². The number of thiophene rings is 1. The molecule has 11 nitrogen and oxygen atoms in total. The molecule has 5 heterocycles. The van der Waals surface area contributed by atoms with Gasteiger partial charge in [0.2, 0.25) is 11.8 Å². The molecule has 3 amide bonds. The van der Waals surface area contributed by atoms with E-state index >= 15 is 0 Å². The molecule has 4 aromatic rings. The Kier molecular flexibility index (Phi) is 8.27. The number of benzene rings is 1. The summed E-state index contributed by atoms with van der Waals surface area (Å²) in [7, 11) is -5.76. The minimum absolute atomic E-state index is 0.126. The van der Waals surface area contributed by atoms with Crippen molar-refractivity contribution in [2.24, 2.45) is 0 Å². The van der Waals surface area contributed by atoms with Gasteiger partial charge in [0, 0.05) is 39.6 Å². The van der Waals surface area contributed by atoms with Crippen LogP contribution in [-0.2, 0) is 19.8 Å². The van der Waals surface area contributed by atoms with Gasteiger partial charge in [0.05, 0.1) is 10.9 Å². The van der Waals surface area contributed by atoms with Crippen LogP contribution < -0.4 is 10.6 Å². The van der Waals surface area contributed by atoms with Gasteiger partial charge in [-0.25, -0.2) is 4.98 Å². The number of hydrogen-bond acceptors (Lipinski definition) is 6. The van der Waals surface area contributed by atoms with Crippen molar-refractivity contribution < 1.29 is 37.5 Å². The van der Waals surface area contributed by atoms with Crippen molar-refractivity contribution in [1.29, 1.82) is 0 Å². The molecule has 15 heteroatoms. The highest BCUT2D eigenvalue weighted by atomic mass is 32.1. The highest BCUT2D eigenvalue weighted by molar-refractivity contribution is 7.52. The molecule has 0 saturated carbocycles. The minimum atomic E-state index is -5.76. The van der Waals surface area contributed by atoms with Gasteiger partial charge in [-0.2, -0.15) is 8.78 Å². The van der Waals surface area contributed by atoms with Crippen molar-refractivity contribution in [1.82, 2.24) is 25.5 Å². The molecule has 2 fully saturated rings. The number of fused-ring (bicyclic) bond motifs is 3. The second kappa shape index (κ2) is 11.9. The Morgan fingerprint density at radius 1 is 1.16 bits per heavy atom. The average Bonchev–Trinajstić information content (AvgIpc) is 3.73. The smallest absolute Gasteiger partial charge is 0.348 e. The molecule has 2 saturated heterocycles. The van der Waals surface area contributed by atoms with Crippen LogP contribution in [0.3, 0.4) is 0 Å². The van der Waals surface area contributed by atoms with E-state index in [0.717, 1.165) is 47.3 Å². The van der Waals surface area contributed by atoms with Crippen molar-refractivity contribution in [3.8, 4) is 0 Å². The largest absolute Gasteiger partial charge is 0.399 e. The second-order valence-electron chi connectivity index (χ2n) is 11.6. The third-order valence-electron chi connectivity index (χ3n) is 8.70. The number of carbonyl (C=O) groups excluding carboxylic acids is 3. The summed E-state index contributed by atoms with van der Waals surface area (Å²) >= 11 is 1.02. The molecule has 1 aromatic carbocycles. The van der Waals surface area contributed by atoms with Gasteiger partial charge < -0.3 is 30.3 Å². The summed E-state index contributed by atoms with van der Waals surface area (Å²) in [6.07, 6.45) is 7.34. The first kappa shape index (κ1) is 31.3. The van der Waals surface area contributed by atoms with E-state index < -0.39 is 36.8 Å². The Morgan fingerprint density at radius 3 is 2.71 bits per heavy atom. The van der Waals surface area contributed by atoms with Gasteiger partial charge in [-0.05, 0) is 68.3 Å². The predicted molar refractivity (Wildman–Crippen MR) is 164 cm³/mol. The minimum Gasteiger partial charge on any atom is -0.348 e. The predicted octanol–water partition coefficient (Wildman–Crippen LogP) is 4.91. The molecule has 4 atom stereocenters. The number of aromatic amines is 1. The Hall–Kier alpha value is -3.71. The van der Waals surface area contributed by atoms with Gasteiger partial charge in [-0.1, -0.05) is 18.9 Å². The van der Waals surface area contributed by atoms with Crippen molar-refractivity contribution in [3.63, 3.8) is 0 Å². The molecule has 238 valence electrons. The second-order valence-corrected chi connectivity index (χ2v) is 14.4. The number of aromatic nitrogens is 2. The van der Waals surface area contributed by atoms with Crippen molar-refractivity contribution in [3.05, 3.63) is 64.8 Å². The number of H-pyrrole nitrogens is 1. The summed E-state index contributed by atoms with van der Waals surface area (Å²) in [5, 5.41) is 6.98. The first-order chi connectivity index (χ1) is 21.3. The van der Waals surface area contributed by atoms with Gasteiger partial charge in [0.25, 0.3) is 5.91 Å². The molecule has 2 aliphatic rings. The van der Waals surface area contributed by atoms with Crippen LogP contribution in [0.2, 0.25) is 0 Å². The quantitative estimate of drug-likeness (QED) is 0.176. The number of nitrogens with one attached hydrogen (secondary N) is 3. The maximum atomic E-state index is 14.3. The van der Waals surface area contributed by atoms with Gasteiger partial charge in [-0.15, -0.1) is 11.3 Å². The van der Waals surface area contributed by atoms with E-state index in [4.69, 9.17) is 9.79 Å². The van der Waals surface area contributed by atoms with Crippen LogP contribution in [0.1, 0.15) is 72.3 Å². The maximum Gasteiger partial charge on any atom is 0.399 e. The standard InChI is InChI=1S/C30H32F2N5O6PS/c1-16(21-15-34-26-20(21)6-4-12-33-26)35-27(38)23-10-9-19-5-2-3-7-22(29(40)37(19)23)36-28(39)25-14-17-13-18(8-11-24(17)45-25)30(31,32)44(41,42)43/h4,6,8,11-16,19,22-23H,2-3,5,7,9-10H2,1H3,(H,33,34)(H,35,38)(H,36,39)(H2,41,42,43)/t16?,19-,22-,23-/m0/s1. The van der Waals surface area contributed by atoms with E-state index in [2.05, 4.69) is 20.6 Å². The van der Waals surface area contributed by atoms with Crippen molar-refractivity contribution >= 4 is 57.8 Å². The summed E-state index contributed by atoms with van der Waals surface area (Å²) in [4.78, 5) is 68.2. The number of rotatable bonds is 7. The fraction of sp³-hybridized carbons (Fsp3) is 0.400. The lowest BCUT2D eigenvalue weighted by Gasteiger charge is -2.35. The molecule has 3 aromatic heterocycles. The van der Waals surface area contributed by atoms with E-state index in [1.54, 1.807) is 11.1 Å². The summed E-state index contributed by atoms with van der Waals surface area (Å²) in [5.41, 5.74) is -3.64. The van der Waals surface area contributed by atoms with Crippen LogP contribution in [-0.4, -0.2) is 60.5 Å². The number of alkyl halides is 2. The lowest BCUT2D eigenvalue weighted by atomic mass is 9.99. The first-order valence-electron chi connectivity index (χ1n) is 14.7. The summed E-state index contributed by atoms with van der Waals surface area (Å²) < 4.78 is 40.3. The normalized spacial score (nSPS) is 21.8. The van der Waals surface area contributed by atoms with Crippen LogP contribution in [0.25, 0.3) is 21.1 Å². The van der Waals surface area contributed by atoms with E-state index in [1.165, 1.54) is 12.1 Å². The summed E-state index contributed by atoms with van der Waals surface area (Å²) in [6.45, 7) is 1.87. The highest BCUT2D eigenvalue weighted by Gasteiger charge is 2.50. The molecular weight excluding hydrogens is 627 g/mol. The monoisotopic (exact) mass is 659 g/mol. The zero-order chi connectivity index (χ0) is 32.1. The molecule has 0 bridgehead atoms. The molecule has 6 rings (SSSR count). The molecule has 45 heavy (non-hydrogen) atoms. The third-order valence-corrected chi connectivity index (χ3v) is 10.8. The van der Waals surface area contributed by atoms with Crippen LogP contribution in [0.15, 0.2) is 48.8 Å². The summed E-state index contributed by atoms with van der Waals surface area (Å²) in [5.74, 6) is -1.18. The Balaban J connectivity index is 1.18. The lowest BCUT2D eigenvalue weighted by Crippen LogP contribution is -2.56. The van der Waals surface area contributed by atoms with Crippen LogP contribution in [0.4, 0.5) is 8.78 Å². The van der Waals surface area contributed by atoms with Gasteiger partial charge in [-0.3, -0.25) is 18.9 Å². The molecule has 0 spiro atoms. The fourth-order valence-corrected chi connectivity index (χ4v) is 7.81. The highest BCUT2D eigenvalue weighted by Crippen LogP contribution is 2.59. The number of halogens is 2. The number of nitrogens with zero attached hydrogens (tertiary/aromatic N) is 2. The number of pyridine rings is 1. The average molecular weight is 660 g/mol. The van der Waals surface area contributed by atoms with Crippen LogP contribution in [0, 0.1) is 0 Å². The van der Waals surface area contributed by atoms with E-state index in [0.29, 0.717) is 36.0 Å². The van der Waals surface area contributed by atoms with E-state index in [9.17, 15) is 27.7 Å². The van der Waals surface area contributed by atoms with Gasteiger partial charge in [0.15, 0.2) is 0 Å². The maximum absolute atomic E-state index is 14.3. The van der Waals surface area contributed by atoms with Crippen molar-refractivity contribution in [2.75, 3.05) is 0 Å². The number of amides is 3. The van der Waals surface area contributed by atoms with Crippen molar-refractivity contribution in [2.45, 2.75) is 75.3 Å². The fourth-order valence-electron chi connectivity index (χ4n) is 6.39. The zero-order valence-electron chi connectivity index (χ0n) is 24.2. The molecule has 2 aliphatic heterocycles. The third kappa shape index (κ3) is 5.87. The van der Waals surface area contributed by atoms with Crippen LogP contribution >= 0.6 is 18.9 Å². The SMILES string of the molecule is CC(NC(=O)[C@@H]1CC[C@@H]2CCCC[C@H](NC(=O)c3cc4cc(C(F)(F)P(=O)(O)O)ccc4s3)C(=O)N21)c1c[nH]c2ncccc12. The zero-order valence-corrected chi connectivity index (χ0v) is 25.9. The molecule has 5 N–H and O–H groups in total. The van der Waals surface area contributed by atoms with Gasteiger partial charge >= 0.3 is 13.3 Å². The first-order valence-corrected chi connectivity index (χ1v) is 17.1. The Morgan fingerprint density at radius 2 is 1.93 bits per heavy atom.